The average molecular weight is 489 g/mol. The van der Waals surface area contributed by atoms with Crippen LogP contribution in [0.2, 0.25) is 0 Å². The Kier molecular flexibility index (Phi) is 435. The number of aliphatic hydroxyl groups is 2. The van der Waals surface area contributed by atoms with Gasteiger partial charge in [0.1, 0.15) is 0 Å². The Hall–Kier alpha value is 1.64. The van der Waals surface area contributed by atoms with Crippen molar-refractivity contribution in [2.24, 2.45) is 0 Å². The smallest absolute Gasteiger partial charge is 0.0402 e. The van der Waals surface area contributed by atoms with Crippen LogP contribution in [0.3, 0.4) is 0 Å². The molecule has 0 radical (unpaired) electrons. The SMILES string of the molecule is C.CC.CC.CCC.CCCCP.CCCPC.CCO.CCO.CP.CP. The maximum atomic E-state index is 7.57. The fourth-order valence-electron chi connectivity index (χ4n) is 0.454. The second-order valence-corrected chi connectivity index (χ2v) is 5.37. The summed E-state index contributed by atoms with van der Waals surface area (Å²) >= 11 is 0. The molecule has 0 amide bonds. The molecule has 0 spiro atoms. The van der Waals surface area contributed by atoms with E-state index in [4.69, 9.17) is 10.2 Å². The standard InChI is InChI=1S/2C4H11P.C3H8.2C2H6O.2C2H6.2CH5P.CH4/c1-3-4-5-2;1-2-3-4-5;1-3-2;2*1-2-3;4*1-2;/h5H,3-4H2,1-2H3;2-5H2,1H3;3H2,1-2H3;2*3H,2H2,1H3;2*1-2H3;2*2H2,1H3;1H4. The zero-order chi connectivity index (χ0) is 24.4. The Balaban J connectivity index is -0.0000000167. The first-order valence-corrected chi connectivity index (χ1v) is 15.6. The second kappa shape index (κ2) is 193. The third-order valence-electron chi connectivity index (χ3n) is 1.06. The van der Waals surface area contributed by atoms with Gasteiger partial charge in [0.2, 0.25) is 0 Å². The lowest BCUT2D eigenvalue weighted by atomic mass is 10.4. The number of unbranched alkanes of at least 4 members (excludes halogenated alkanes) is 1. The minimum atomic E-state index is 0. The van der Waals surface area contributed by atoms with Gasteiger partial charge in [-0.15, -0.1) is 36.3 Å². The maximum Gasteiger partial charge on any atom is 0.0402 e. The van der Waals surface area contributed by atoms with Crippen molar-refractivity contribution in [2.75, 3.05) is 45.5 Å². The summed E-state index contributed by atoms with van der Waals surface area (Å²) in [6.07, 6.45) is 7.96. The molecule has 0 aromatic carbocycles. The molecule has 6 heteroatoms. The van der Waals surface area contributed by atoms with E-state index in [1.54, 1.807) is 13.8 Å². The minimum Gasteiger partial charge on any atom is -0.397 e. The molecule has 2 nitrogen and oxygen atoms in total. The van der Waals surface area contributed by atoms with Crippen LogP contribution in [0.15, 0.2) is 0 Å². The number of aliphatic hydroxyl groups excluding tert-OH is 2. The third kappa shape index (κ3) is 617. The Morgan fingerprint density at radius 3 is 0.893 bits per heavy atom. The van der Waals surface area contributed by atoms with Crippen LogP contribution in [-0.2, 0) is 0 Å². The van der Waals surface area contributed by atoms with Crippen molar-refractivity contribution in [3.63, 3.8) is 0 Å². The van der Waals surface area contributed by atoms with E-state index in [0.717, 1.165) is 8.58 Å². The summed E-state index contributed by atoms with van der Waals surface area (Å²) < 4.78 is 0. The molecule has 0 rings (SSSR count). The van der Waals surface area contributed by atoms with E-state index < -0.39 is 0 Å². The third-order valence-corrected chi connectivity index (χ3v) is 2.47. The largest absolute Gasteiger partial charge is 0.397 e. The zero-order valence-electron chi connectivity index (χ0n) is 21.8. The van der Waals surface area contributed by atoms with Crippen LogP contribution in [0.25, 0.3) is 0 Å². The predicted molar refractivity (Wildman–Crippen MR) is 161 cm³/mol. The van der Waals surface area contributed by atoms with Crippen LogP contribution < -0.4 is 0 Å². The van der Waals surface area contributed by atoms with Gasteiger partial charge in [-0.3, -0.25) is 0 Å². The van der Waals surface area contributed by atoms with Crippen LogP contribution in [0, 0.1) is 0 Å². The van der Waals surface area contributed by atoms with Crippen molar-refractivity contribution < 1.29 is 10.2 Å². The van der Waals surface area contributed by atoms with Crippen molar-refractivity contribution in [3.8, 4) is 0 Å². The second-order valence-electron chi connectivity index (χ2n) is 3.59. The summed E-state index contributed by atoms with van der Waals surface area (Å²) in [5.74, 6) is 0. The maximum absolute atomic E-state index is 7.57. The molecule has 4 atom stereocenters. The summed E-state index contributed by atoms with van der Waals surface area (Å²) in [6, 6.07) is 0. The topological polar surface area (TPSA) is 40.5 Å². The molecule has 28 heavy (non-hydrogen) atoms. The molecule has 0 aliphatic rings. The lowest BCUT2D eigenvalue weighted by Crippen LogP contribution is -1.64. The van der Waals surface area contributed by atoms with Gasteiger partial charge in [0.15, 0.2) is 0 Å². The summed E-state index contributed by atoms with van der Waals surface area (Å²) in [4.78, 5) is 0. The monoisotopic (exact) mass is 488 g/mol. The van der Waals surface area contributed by atoms with Gasteiger partial charge < -0.3 is 10.2 Å². The lowest BCUT2D eigenvalue weighted by Gasteiger charge is -1.80. The summed E-state index contributed by atoms with van der Waals surface area (Å²) in [5, 5.41) is 15.1. The molecule has 0 aliphatic carbocycles. The number of rotatable bonds is 4. The van der Waals surface area contributed by atoms with E-state index in [-0.39, 0.29) is 20.6 Å². The Morgan fingerprint density at radius 1 is 0.679 bits per heavy atom. The molecule has 0 aliphatic heterocycles. The van der Waals surface area contributed by atoms with Crippen molar-refractivity contribution in [3.05, 3.63) is 0 Å². The molecule has 0 fully saturated rings. The first-order valence-electron chi connectivity index (χ1n) is 10.8. The molecule has 4 unspecified atom stereocenters. The van der Waals surface area contributed by atoms with Crippen molar-refractivity contribution >= 4 is 36.3 Å². The molecule has 2 N–H and O–H groups in total. The molecular formula is C22H68O2P4. The highest BCUT2D eigenvalue weighted by molar-refractivity contribution is 7.36. The quantitative estimate of drug-likeness (QED) is 0.390. The zero-order valence-corrected chi connectivity index (χ0v) is 26.2. The van der Waals surface area contributed by atoms with Crippen LogP contribution in [0.4, 0.5) is 0 Å². The van der Waals surface area contributed by atoms with E-state index in [9.17, 15) is 0 Å². The van der Waals surface area contributed by atoms with Gasteiger partial charge in [0.25, 0.3) is 0 Å². The van der Waals surface area contributed by atoms with E-state index >= 15 is 0 Å². The van der Waals surface area contributed by atoms with E-state index in [1.807, 2.05) is 41.0 Å². The van der Waals surface area contributed by atoms with E-state index in [1.165, 1.54) is 38.0 Å². The highest BCUT2D eigenvalue weighted by atomic mass is 31.1. The molecule has 188 valence electrons. The molecule has 0 bridgehead atoms. The summed E-state index contributed by atoms with van der Waals surface area (Å²) in [7, 11) is 8.69. The average Bonchev–Trinajstić information content (AvgIpc) is 2.72. The van der Waals surface area contributed by atoms with Crippen molar-refractivity contribution in [2.45, 2.75) is 102 Å². The van der Waals surface area contributed by atoms with Gasteiger partial charge in [-0.2, -0.15) is 0 Å². The van der Waals surface area contributed by atoms with E-state index in [2.05, 4.69) is 62.1 Å². The van der Waals surface area contributed by atoms with Gasteiger partial charge in [-0.05, 0) is 32.8 Å². The first-order chi connectivity index (χ1) is 13.1. The summed E-state index contributed by atoms with van der Waals surface area (Å²) in [6.45, 7) is 26.6. The first kappa shape index (κ1) is 63.0. The Bertz CT molecular complexity index is 68.8. The molecule has 0 heterocycles. The molecule has 0 saturated heterocycles. The van der Waals surface area contributed by atoms with Gasteiger partial charge in [0, 0.05) is 13.2 Å². The van der Waals surface area contributed by atoms with Crippen molar-refractivity contribution in [1.82, 2.24) is 0 Å². The van der Waals surface area contributed by atoms with Gasteiger partial charge >= 0.3 is 0 Å². The fraction of sp³-hybridized carbons (Fsp3) is 1.00. The molecule has 0 aromatic heterocycles. The highest BCUT2D eigenvalue weighted by Gasteiger charge is 1.68. The Labute approximate surface area is 194 Å². The van der Waals surface area contributed by atoms with Crippen LogP contribution >= 0.6 is 36.3 Å². The van der Waals surface area contributed by atoms with Crippen molar-refractivity contribution in [1.29, 1.82) is 0 Å². The van der Waals surface area contributed by atoms with Gasteiger partial charge in [-0.25, -0.2) is 0 Å². The fourth-order valence-corrected chi connectivity index (χ4v) is 1.36. The normalized spacial score (nSPS) is 6.21. The Morgan fingerprint density at radius 2 is 0.893 bits per heavy atom. The minimum absolute atomic E-state index is 0. The number of hydrogen-bond donors (Lipinski definition) is 2. The molecule has 0 saturated carbocycles. The lowest BCUT2D eigenvalue weighted by molar-refractivity contribution is 0.318. The van der Waals surface area contributed by atoms with Crippen LogP contribution in [-0.4, -0.2) is 55.7 Å². The summed E-state index contributed by atoms with van der Waals surface area (Å²) in [5.41, 5.74) is 0. The number of hydrogen-bond acceptors (Lipinski definition) is 2. The van der Waals surface area contributed by atoms with E-state index in [0.29, 0.717) is 0 Å². The highest BCUT2D eigenvalue weighted by Crippen LogP contribution is 2.01. The van der Waals surface area contributed by atoms with Crippen LogP contribution in [0.1, 0.15) is 102 Å². The van der Waals surface area contributed by atoms with Crippen LogP contribution in [0.5, 0.6) is 0 Å². The molecular weight excluding hydrogens is 420 g/mol. The van der Waals surface area contributed by atoms with Gasteiger partial charge in [0.05, 0.1) is 0 Å². The van der Waals surface area contributed by atoms with Gasteiger partial charge in [-0.1, -0.05) is 102 Å². The molecule has 0 aromatic rings. The predicted octanol–water partition coefficient (Wildman–Crippen LogP) is 8.45.